The SMILES string of the molecule is CCOC(=O)CC=Cc1ccccc1C(=O)c1ccccc1. The first-order valence-electron chi connectivity index (χ1n) is 7.23. The average molecular weight is 294 g/mol. The van der Waals surface area contributed by atoms with Crippen molar-refractivity contribution in [3.63, 3.8) is 0 Å². The Bertz CT molecular complexity index is 672. The molecule has 0 saturated heterocycles. The minimum absolute atomic E-state index is 0.0306. The van der Waals surface area contributed by atoms with Crippen molar-refractivity contribution >= 4 is 17.8 Å². The molecule has 0 spiro atoms. The van der Waals surface area contributed by atoms with Gasteiger partial charge in [0.1, 0.15) is 0 Å². The van der Waals surface area contributed by atoms with E-state index in [0.29, 0.717) is 17.7 Å². The number of benzene rings is 2. The smallest absolute Gasteiger partial charge is 0.309 e. The summed E-state index contributed by atoms with van der Waals surface area (Å²) in [4.78, 5) is 23.9. The average Bonchev–Trinajstić information content (AvgIpc) is 2.56. The van der Waals surface area contributed by atoms with Crippen molar-refractivity contribution in [1.29, 1.82) is 0 Å². The number of hydrogen-bond donors (Lipinski definition) is 0. The summed E-state index contributed by atoms with van der Waals surface area (Å²) < 4.78 is 4.87. The minimum Gasteiger partial charge on any atom is -0.466 e. The lowest BCUT2D eigenvalue weighted by molar-refractivity contribution is -0.142. The third kappa shape index (κ3) is 4.16. The Morgan fingerprint density at radius 3 is 2.41 bits per heavy atom. The largest absolute Gasteiger partial charge is 0.466 e. The first kappa shape index (κ1) is 15.7. The van der Waals surface area contributed by atoms with Gasteiger partial charge in [0, 0.05) is 11.1 Å². The van der Waals surface area contributed by atoms with Gasteiger partial charge in [0.2, 0.25) is 0 Å². The second kappa shape index (κ2) is 7.93. The van der Waals surface area contributed by atoms with Gasteiger partial charge in [0.15, 0.2) is 5.78 Å². The molecular formula is C19H18O3. The van der Waals surface area contributed by atoms with Crippen molar-refractivity contribution in [3.8, 4) is 0 Å². The Labute approximate surface area is 130 Å². The molecule has 0 aliphatic rings. The van der Waals surface area contributed by atoms with Crippen molar-refractivity contribution in [3.05, 3.63) is 77.4 Å². The van der Waals surface area contributed by atoms with Gasteiger partial charge in [-0.2, -0.15) is 0 Å². The normalized spacial score (nSPS) is 10.6. The third-order valence-corrected chi connectivity index (χ3v) is 3.13. The summed E-state index contributed by atoms with van der Waals surface area (Å²) in [7, 11) is 0. The Kier molecular flexibility index (Phi) is 5.66. The van der Waals surface area contributed by atoms with E-state index in [1.54, 1.807) is 37.3 Å². The van der Waals surface area contributed by atoms with Gasteiger partial charge in [-0.05, 0) is 12.5 Å². The van der Waals surface area contributed by atoms with Gasteiger partial charge >= 0.3 is 5.97 Å². The molecule has 0 aromatic heterocycles. The van der Waals surface area contributed by atoms with Crippen LogP contribution >= 0.6 is 0 Å². The van der Waals surface area contributed by atoms with E-state index >= 15 is 0 Å². The lowest BCUT2D eigenvalue weighted by atomic mass is 9.98. The Balaban J connectivity index is 2.18. The fourth-order valence-corrected chi connectivity index (χ4v) is 2.10. The Morgan fingerprint density at radius 1 is 1.00 bits per heavy atom. The third-order valence-electron chi connectivity index (χ3n) is 3.13. The fraction of sp³-hybridized carbons (Fsp3) is 0.158. The van der Waals surface area contributed by atoms with Gasteiger partial charge in [-0.3, -0.25) is 9.59 Å². The molecule has 2 aromatic rings. The van der Waals surface area contributed by atoms with Crippen molar-refractivity contribution < 1.29 is 14.3 Å². The van der Waals surface area contributed by atoms with Crippen LogP contribution in [-0.4, -0.2) is 18.4 Å². The van der Waals surface area contributed by atoms with Gasteiger partial charge in [-0.15, -0.1) is 0 Å². The zero-order valence-electron chi connectivity index (χ0n) is 12.5. The van der Waals surface area contributed by atoms with Crippen molar-refractivity contribution in [2.75, 3.05) is 6.61 Å². The van der Waals surface area contributed by atoms with E-state index in [2.05, 4.69) is 0 Å². The molecule has 2 rings (SSSR count). The second-order valence-electron chi connectivity index (χ2n) is 4.69. The quantitative estimate of drug-likeness (QED) is 0.600. The zero-order valence-corrected chi connectivity index (χ0v) is 12.5. The molecule has 0 aliphatic carbocycles. The molecule has 3 heteroatoms. The molecule has 112 valence electrons. The van der Waals surface area contributed by atoms with E-state index in [1.807, 2.05) is 36.4 Å². The number of carbonyl (C=O) groups excluding carboxylic acids is 2. The summed E-state index contributed by atoms with van der Waals surface area (Å²) in [5, 5.41) is 0. The molecule has 0 unspecified atom stereocenters. The Hall–Kier alpha value is -2.68. The molecule has 0 fully saturated rings. The monoisotopic (exact) mass is 294 g/mol. The summed E-state index contributed by atoms with van der Waals surface area (Å²) in [6.07, 6.45) is 3.70. The molecule has 0 N–H and O–H groups in total. The van der Waals surface area contributed by atoms with Crippen molar-refractivity contribution in [2.24, 2.45) is 0 Å². The molecular weight excluding hydrogens is 276 g/mol. The first-order chi connectivity index (χ1) is 10.7. The summed E-state index contributed by atoms with van der Waals surface area (Å²) in [5.74, 6) is -0.303. The molecule has 0 amide bonds. The molecule has 0 atom stereocenters. The lowest BCUT2D eigenvalue weighted by Crippen LogP contribution is -2.03. The van der Waals surface area contributed by atoms with Gasteiger partial charge in [0.25, 0.3) is 0 Å². The molecule has 0 radical (unpaired) electrons. The van der Waals surface area contributed by atoms with E-state index in [0.717, 1.165) is 5.56 Å². The van der Waals surface area contributed by atoms with E-state index in [9.17, 15) is 9.59 Å². The number of esters is 1. The highest BCUT2D eigenvalue weighted by atomic mass is 16.5. The van der Waals surface area contributed by atoms with Crippen LogP contribution in [0, 0.1) is 0 Å². The van der Waals surface area contributed by atoms with Crippen molar-refractivity contribution in [1.82, 2.24) is 0 Å². The zero-order chi connectivity index (χ0) is 15.8. The number of rotatable bonds is 6. The van der Waals surface area contributed by atoms with Crippen LogP contribution in [0.1, 0.15) is 34.8 Å². The minimum atomic E-state index is -0.273. The number of hydrogen-bond acceptors (Lipinski definition) is 3. The van der Waals surface area contributed by atoms with E-state index in [1.165, 1.54) is 0 Å². The molecule has 0 bridgehead atoms. The van der Waals surface area contributed by atoms with E-state index < -0.39 is 0 Å². The van der Waals surface area contributed by atoms with Gasteiger partial charge < -0.3 is 4.74 Å². The second-order valence-corrected chi connectivity index (χ2v) is 4.69. The van der Waals surface area contributed by atoms with Crippen LogP contribution in [0.15, 0.2) is 60.7 Å². The van der Waals surface area contributed by atoms with Crippen LogP contribution in [0.25, 0.3) is 6.08 Å². The number of carbonyl (C=O) groups is 2. The molecule has 3 nitrogen and oxygen atoms in total. The Morgan fingerprint density at radius 2 is 1.68 bits per heavy atom. The highest BCUT2D eigenvalue weighted by molar-refractivity contribution is 6.11. The van der Waals surface area contributed by atoms with E-state index in [-0.39, 0.29) is 18.2 Å². The highest BCUT2D eigenvalue weighted by Crippen LogP contribution is 2.16. The number of ketones is 1. The first-order valence-corrected chi connectivity index (χ1v) is 7.23. The van der Waals surface area contributed by atoms with Gasteiger partial charge in [-0.1, -0.05) is 66.7 Å². The summed E-state index contributed by atoms with van der Waals surface area (Å²) >= 11 is 0. The maximum Gasteiger partial charge on any atom is 0.309 e. The lowest BCUT2D eigenvalue weighted by Gasteiger charge is -2.05. The molecule has 0 heterocycles. The van der Waals surface area contributed by atoms with Crippen LogP contribution in [0.3, 0.4) is 0 Å². The van der Waals surface area contributed by atoms with Crippen LogP contribution in [0.2, 0.25) is 0 Å². The summed E-state index contributed by atoms with van der Waals surface area (Å²) in [5.41, 5.74) is 2.06. The molecule has 0 saturated carbocycles. The van der Waals surface area contributed by atoms with Gasteiger partial charge in [0.05, 0.1) is 13.0 Å². The maximum absolute atomic E-state index is 12.5. The van der Waals surface area contributed by atoms with E-state index in [4.69, 9.17) is 4.74 Å². The summed E-state index contributed by atoms with van der Waals surface area (Å²) in [6.45, 7) is 2.14. The highest BCUT2D eigenvalue weighted by Gasteiger charge is 2.11. The van der Waals surface area contributed by atoms with Crippen LogP contribution in [0.5, 0.6) is 0 Å². The topological polar surface area (TPSA) is 43.4 Å². The molecule has 0 aliphatic heterocycles. The predicted molar refractivity (Wildman–Crippen MR) is 86.6 cm³/mol. The molecule has 2 aromatic carbocycles. The fourth-order valence-electron chi connectivity index (χ4n) is 2.10. The molecule has 22 heavy (non-hydrogen) atoms. The van der Waals surface area contributed by atoms with Crippen LogP contribution in [0.4, 0.5) is 0 Å². The van der Waals surface area contributed by atoms with Crippen LogP contribution < -0.4 is 0 Å². The van der Waals surface area contributed by atoms with Crippen molar-refractivity contribution in [2.45, 2.75) is 13.3 Å². The maximum atomic E-state index is 12.5. The van der Waals surface area contributed by atoms with Crippen LogP contribution in [-0.2, 0) is 9.53 Å². The van der Waals surface area contributed by atoms with Gasteiger partial charge in [-0.25, -0.2) is 0 Å². The number of ether oxygens (including phenoxy) is 1. The predicted octanol–water partition coefficient (Wildman–Crippen LogP) is 3.88. The standard InChI is InChI=1S/C19H18O3/c1-2-22-18(20)14-8-12-15-9-6-7-13-17(15)19(21)16-10-4-3-5-11-16/h3-13H,2,14H2,1H3. The summed E-state index contributed by atoms with van der Waals surface area (Å²) in [6, 6.07) is 16.5.